The van der Waals surface area contributed by atoms with E-state index in [0.29, 0.717) is 0 Å². The van der Waals surface area contributed by atoms with Crippen LogP contribution in [0.3, 0.4) is 0 Å². The van der Waals surface area contributed by atoms with Gasteiger partial charge in [-0.15, -0.1) is 0 Å². The summed E-state index contributed by atoms with van der Waals surface area (Å²) < 4.78 is 0. The van der Waals surface area contributed by atoms with Gasteiger partial charge in [0.25, 0.3) is 0 Å². The van der Waals surface area contributed by atoms with Crippen molar-refractivity contribution >= 4 is 7.85 Å². The third-order valence-electron chi connectivity index (χ3n) is 3.18. The van der Waals surface area contributed by atoms with Crippen LogP contribution in [-0.4, -0.2) is 7.85 Å². The molecule has 0 aromatic carbocycles. The lowest BCUT2D eigenvalue weighted by molar-refractivity contribution is 0.474. The lowest BCUT2D eigenvalue weighted by Gasteiger charge is -2.16. The van der Waals surface area contributed by atoms with E-state index in [0.717, 1.165) is 17.7 Å². The Morgan fingerprint density at radius 2 is 2.20 bits per heavy atom. The Labute approximate surface area is 65.8 Å². The van der Waals surface area contributed by atoms with E-state index >= 15 is 0 Å². The fourth-order valence-electron chi connectivity index (χ4n) is 2.10. The van der Waals surface area contributed by atoms with Gasteiger partial charge in [0.2, 0.25) is 0 Å². The standard InChI is InChI=1S/C9H19B/c1-3-9(10)8-5-4-7(2)6-8/h7-9H,3-6,10H2,1-2H3. The lowest BCUT2D eigenvalue weighted by Crippen LogP contribution is -2.04. The quantitative estimate of drug-likeness (QED) is 0.513. The maximum absolute atomic E-state index is 2.41. The summed E-state index contributed by atoms with van der Waals surface area (Å²) in [7, 11) is 2.41. The average Bonchev–Trinajstić information content (AvgIpc) is 2.34. The van der Waals surface area contributed by atoms with Gasteiger partial charge in [0.1, 0.15) is 7.85 Å². The van der Waals surface area contributed by atoms with E-state index in [9.17, 15) is 0 Å². The van der Waals surface area contributed by atoms with Gasteiger partial charge in [-0.2, -0.15) is 0 Å². The molecule has 0 radical (unpaired) electrons. The highest BCUT2D eigenvalue weighted by atomic mass is 14.3. The van der Waals surface area contributed by atoms with Gasteiger partial charge >= 0.3 is 0 Å². The van der Waals surface area contributed by atoms with Gasteiger partial charge in [-0.3, -0.25) is 0 Å². The Balaban J connectivity index is 2.29. The molecule has 0 aromatic heterocycles. The van der Waals surface area contributed by atoms with Gasteiger partial charge in [-0.25, -0.2) is 0 Å². The molecule has 0 aliphatic heterocycles. The molecule has 3 unspecified atom stereocenters. The van der Waals surface area contributed by atoms with Crippen LogP contribution in [-0.2, 0) is 0 Å². The van der Waals surface area contributed by atoms with E-state index < -0.39 is 0 Å². The predicted molar refractivity (Wildman–Crippen MR) is 49.1 cm³/mol. The minimum absolute atomic E-state index is 0.977. The smallest absolute Gasteiger partial charge is 0.0672 e. The first kappa shape index (κ1) is 8.16. The largest absolute Gasteiger partial charge is 0.105 e. The Morgan fingerprint density at radius 1 is 1.50 bits per heavy atom. The Hall–Kier alpha value is 0.0649. The van der Waals surface area contributed by atoms with Crippen molar-refractivity contribution in [2.45, 2.75) is 45.3 Å². The van der Waals surface area contributed by atoms with E-state index in [-0.39, 0.29) is 0 Å². The van der Waals surface area contributed by atoms with Gasteiger partial charge in [-0.1, -0.05) is 38.9 Å². The summed E-state index contributed by atoms with van der Waals surface area (Å²) in [6.07, 6.45) is 5.84. The molecular formula is C9H19B. The fourth-order valence-corrected chi connectivity index (χ4v) is 2.10. The molecule has 0 amide bonds. The predicted octanol–water partition coefficient (Wildman–Crippen LogP) is 2.25. The highest BCUT2D eigenvalue weighted by Gasteiger charge is 2.24. The van der Waals surface area contributed by atoms with Crippen molar-refractivity contribution in [3.63, 3.8) is 0 Å². The molecule has 3 atom stereocenters. The highest BCUT2D eigenvalue weighted by molar-refractivity contribution is 6.11. The van der Waals surface area contributed by atoms with Crippen molar-refractivity contribution in [1.29, 1.82) is 0 Å². The Kier molecular flexibility index (Phi) is 2.82. The maximum Gasteiger partial charge on any atom is 0.105 e. The van der Waals surface area contributed by atoms with Crippen LogP contribution in [0.2, 0.25) is 5.82 Å². The molecule has 0 bridgehead atoms. The molecule has 0 nitrogen and oxygen atoms in total. The summed E-state index contributed by atoms with van der Waals surface area (Å²) in [5.41, 5.74) is 0. The molecule has 0 aromatic rings. The van der Waals surface area contributed by atoms with E-state index in [1.807, 2.05) is 0 Å². The number of rotatable bonds is 2. The minimum Gasteiger partial charge on any atom is -0.0672 e. The van der Waals surface area contributed by atoms with Crippen LogP contribution in [0.25, 0.3) is 0 Å². The molecule has 58 valence electrons. The lowest BCUT2D eigenvalue weighted by atomic mass is 9.74. The summed E-state index contributed by atoms with van der Waals surface area (Å²) >= 11 is 0. The highest BCUT2D eigenvalue weighted by Crippen LogP contribution is 2.37. The van der Waals surface area contributed by atoms with E-state index in [1.54, 1.807) is 0 Å². The summed E-state index contributed by atoms with van der Waals surface area (Å²) in [4.78, 5) is 0. The molecule has 0 spiro atoms. The molecule has 1 aliphatic carbocycles. The van der Waals surface area contributed by atoms with Crippen molar-refractivity contribution in [2.75, 3.05) is 0 Å². The van der Waals surface area contributed by atoms with Crippen LogP contribution in [0.5, 0.6) is 0 Å². The third-order valence-corrected chi connectivity index (χ3v) is 3.18. The summed E-state index contributed by atoms with van der Waals surface area (Å²) in [5.74, 6) is 3.05. The Bertz CT molecular complexity index is 101. The number of hydrogen-bond donors (Lipinski definition) is 0. The molecule has 10 heavy (non-hydrogen) atoms. The molecule has 0 heterocycles. The molecule has 1 rings (SSSR count). The molecule has 1 saturated carbocycles. The van der Waals surface area contributed by atoms with Crippen LogP contribution in [0, 0.1) is 11.8 Å². The third kappa shape index (κ3) is 1.77. The first-order valence-electron chi connectivity index (χ1n) is 4.74. The Morgan fingerprint density at radius 3 is 2.60 bits per heavy atom. The van der Waals surface area contributed by atoms with E-state index in [2.05, 4.69) is 21.7 Å². The second-order valence-electron chi connectivity index (χ2n) is 4.06. The van der Waals surface area contributed by atoms with Gasteiger partial charge in [0, 0.05) is 0 Å². The van der Waals surface area contributed by atoms with Crippen molar-refractivity contribution in [3.8, 4) is 0 Å². The minimum atomic E-state index is 0.977. The van der Waals surface area contributed by atoms with Crippen molar-refractivity contribution < 1.29 is 0 Å². The van der Waals surface area contributed by atoms with Crippen LogP contribution in [0.1, 0.15) is 39.5 Å². The monoisotopic (exact) mass is 138 g/mol. The topological polar surface area (TPSA) is 0 Å². The van der Waals surface area contributed by atoms with Crippen molar-refractivity contribution in [3.05, 3.63) is 0 Å². The van der Waals surface area contributed by atoms with E-state index in [4.69, 9.17) is 0 Å². The first-order valence-corrected chi connectivity index (χ1v) is 4.74. The zero-order valence-corrected chi connectivity index (χ0v) is 7.56. The summed E-state index contributed by atoms with van der Waals surface area (Å²) in [6.45, 7) is 4.70. The molecular weight excluding hydrogens is 119 g/mol. The summed E-state index contributed by atoms with van der Waals surface area (Å²) in [6, 6.07) is 0. The zero-order valence-electron chi connectivity index (χ0n) is 7.56. The first-order chi connectivity index (χ1) is 4.74. The van der Waals surface area contributed by atoms with Crippen molar-refractivity contribution in [1.82, 2.24) is 0 Å². The number of hydrogen-bond acceptors (Lipinski definition) is 0. The second kappa shape index (κ2) is 3.45. The molecule has 1 aliphatic rings. The van der Waals surface area contributed by atoms with Crippen LogP contribution >= 0.6 is 0 Å². The summed E-state index contributed by atoms with van der Waals surface area (Å²) in [5, 5.41) is 0. The van der Waals surface area contributed by atoms with Gasteiger partial charge < -0.3 is 0 Å². The van der Waals surface area contributed by atoms with Gasteiger partial charge in [0.15, 0.2) is 0 Å². The molecule has 1 fully saturated rings. The second-order valence-corrected chi connectivity index (χ2v) is 4.06. The van der Waals surface area contributed by atoms with Gasteiger partial charge in [0.05, 0.1) is 0 Å². The van der Waals surface area contributed by atoms with Crippen LogP contribution < -0.4 is 0 Å². The average molecular weight is 138 g/mol. The van der Waals surface area contributed by atoms with Gasteiger partial charge in [-0.05, 0) is 18.3 Å². The molecule has 0 saturated heterocycles. The van der Waals surface area contributed by atoms with Crippen molar-refractivity contribution in [2.24, 2.45) is 11.8 Å². The molecule has 1 heteroatoms. The van der Waals surface area contributed by atoms with Crippen LogP contribution in [0.15, 0.2) is 0 Å². The fraction of sp³-hybridized carbons (Fsp3) is 1.00. The van der Waals surface area contributed by atoms with E-state index in [1.165, 1.54) is 25.7 Å². The normalized spacial score (nSPS) is 36.2. The van der Waals surface area contributed by atoms with Crippen LogP contribution in [0.4, 0.5) is 0 Å². The molecule has 0 N–H and O–H groups in total. The SMILES string of the molecule is BC(CC)C1CCC(C)C1. The maximum atomic E-state index is 2.41. The zero-order chi connectivity index (χ0) is 7.56.